The molecular weight excluding hydrogens is 542 g/mol. The molecule has 192 valence electrons. The number of carbonyl (C=O) groups excluding carboxylic acids is 3. The molecule has 2 amide bonds. The van der Waals surface area contributed by atoms with Gasteiger partial charge in [0, 0.05) is 16.7 Å². The quantitative estimate of drug-likeness (QED) is 0.193. The maximum Gasteiger partial charge on any atom is 0.338 e. The normalized spacial score (nSPS) is 15.4. The average molecular weight is 575 g/mol. The van der Waals surface area contributed by atoms with Gasteiger partial charge in [-0.3, -0.25) is 14.5 Å². The van der Waals surface area contributed by atoms with Crippen LogP contribution in [-0.2, 0) is 14.3 Å². The Balaban J connectivity index is 1.77. The van der Waals surface area contributed by atoms with Gasteiger partial charge in [0.25, 0.3) is 5.91 Å². The molecule has 9 heteroatoms. The van der Waals surface area contributed by atoms with E-state index in [4.69, 9.17) is 17.0 Å². The van der Waals surface area contributed by atoms with Gasteiger partial charge >= 0.3 is 5.97 Å². The molecule has 1 heterocycles. The zero-order chi connectivity index (χ0) is 26.1. The summed E-state index contributed by atoms with van der Waals surface area (Å²) in [6.07, 6.45) is 5.34. The molecule has 0 bridgehead atoms. The van der Waals surface area contributed by atoms with Crippen LogP contribution in [0.4, 0.5) is 11.4 Å². The van der Waals surface area contributed by atoms with E-state index < -0.39 is 12.0 Å². The Hall–Kier alpha value is -2.78. The number of unbranched alkanes of at least 4 members (excludes halogenated alkanes) is 4. The molecule has 2 aromatic carbocycles. The largest absolute Gasteiger partial charge is 0.462 e. The lowest BCUT2D eigenvalue weighted by molar-refractivity contribution is -0.124. The Bertz CT molecular complexity index is 1080. The highest BCUT2D eigenvalue weighted by molar-refractivity contribution is 9.10. The molecule has 0 radical (unpaired) electrons. The second-order valence-corrected chi connectivity index (χ2v) is 9.89. The number of halogens is 1. The molecule has 2 aromatic rings. The molecule has 1 saturated heterocycles. The van der Waals surface area contributed by atoms with Gasteiger partial charge in [-0.15, -0.1) is 0 Å². The number of ether oxygens (including phenoxy) is 1. The van der Waals surface area contributed by atoms with E-state index in [1.54, 1.807) is 43.3 Å². The van der Waals surface area contributed by atoms with Crippen LogP contribution in [-0.4, -0.2) is 47.0 Å². The van der Waals surface area contributed by atoms with Crippen molar-refractivity contribution in [2.45, 2.75) is 58.4 Å². The number of thiocarbonyl (C=S) groups is 1. The molecule has 1 fully saturated rings. The fraction of sp³-hybridized carbons (Fsp3) is 0.407. The highest BCUT2D eigenvalue weighted by Gasteiger charge is 2.43. The van der Waals surface area contributed by atoms with Crippen LogP contribution in [0, 0.1) is 0 Å². The Kier molecular flexibility index (Phi) is 10.4. The summed E-state index contributed by atoms with van der Waals surface area (Å²) in [5.74, 6) is -0.923. The summed E-state index contributed by atoms with van der Waals surface area (Å²) in [7, 11) is 0. The van der Waals surface area contributed by atoms with Crippen molar-refractivity contribution in [3.63, 3.8) is 0 Å². The lowest BCUT2D eigenvalue weighted by Gasteiger charge is -2.24. The van der Waals surface area contributed by atoms with Gasteiger partial charge in [-0.05, 0) is 74.1 Å². The van der Waals surface area contributed by atoms with Gasteiger partial charge in [0.2, 0.25) is 5.91 Å². The van der Waals surface area contributed by atoms with Gasteiger partial charge in [0.05, 0.1) is 24.3 Å². The van der Waals surface area contributed by atoms with Crippen molar-refractivity contribution >= 4 is 62.4 Å². The Morgan fingerprint density at radius 2 is 1.67 bits per heavy atom. The van der Waals surface area contributed by atoms with E-state index in [9.17, 15) is 14.4 Å². The Morgan fingerprint density at radius 3 is 2.31 bits per heavy atom. The van der Waals surface area contributed by atoms with Crippen molar-refractivity contribution in [1.29, 1.82) is 0 Å². The lowest BCUT2D eigenvalue weighted by atomic mass is 10.1. The molecule has 1 atom stereocenters. The standard InChI is InChI=1S/C27H32BrN3O4S/c1-3-5-6-7-8-17-30-23(18-24(32)29-21-13-11-20(28)12-14-21)25(33)31(27(30)36)22-15-9-19(10-16-22)26(34)35-4-2/h9-16,23H,3-8,17-18H2,1-2H3,(H,29,32). The molecular formula is C27H32BrN3O4S. The van der Waals surface area contributed by atoms with Crippen molar-refractivity contribution in [3.8, 4) is 0 Å². The summed E-state index contributed by atoms with van der Waals surface area (Å²) < 4.78 is 5.95. The first-order valence-corrected chi connectivity index (χ1v) is 13.5. The number of carbonyl (C=O) groups is 3. The van der Waals surface area contributed by atoms with Gasteiger partial charge in [0.1, 0.15) is 6.04 Å². The SMILES string of the molecule is CCCCCCCN1C(=S)N(c2ccc(C(=O)OCC)cc2)C(=O)C1CC(=O)Nc1ccc(Br)cc1. The first-order chi connectivity index (χ1) is 17.3. The maximum absolute atomic E-state index is 13.5. The van der Waals surface area contributed by atoms with Crippen LogP contribution in [0.25, 0.3) is 0 Å². The average Bonchev–Trinajstić information content (AvgIpc) is 3.09. The molecule has 0 aliphatic carbocycles. The molecule has 3 rings (SSSR count). The van der Waals surface area contributed by atoms with Crippen LogP contribution in [0.1, 0.15) is 62.7 Å². The number of hydrogen-bond donors (Lipinski definition) is 1. The van der Waals surface area contributed by atoms with Gasteiger partial charge in [-0.1, -0.05) is 48.5 Å². The third kappa shape index (κ3) is 7.13. The van der Waals surface area contributed by atoms with Crippen molar-refractivity contribution in [2.75, 3.05) is 23.4 Å². The highest BCUT2D eigenvalue weighted by atomic mass is 79.9. The predicted molar refractivity (Wildman–Crippen MR) is 149 cm³/mol. The minimum absolute atomic E-state index is 0.0125. The molecule has 0 aromatic heterocycles. The number of rotatable bonds is 12. The fourth-order valence-corrected chi connectivity index (χ4v) is 4.77. The molecule has 0 spiro atoms. The zero-order valence-corrected chi connectivity index (χ0v) is 23.1. The third-order valence-corrected chi connectivity index (χ3v) is 6.91. The first kappa shape index (κ1) is 27.8. The minimum Gasteiger partial charge on any atom is -0.462 e. The summed E-state index contributed by atoms with van der Waals surface area (Å²) in [4.78, 5) is 41.8. The molecule has 7 nitrogen and oxygen atoms in total. The number of benzene rings is 2. The van der Waals surface area contributed by atoms with Crippen LogP contribution >= 0.6 is 28.1 Å². The van der Waals surface area contributed by atoms with E-state index in [0.29, 0.717) is 28.6 Å². The molecule has 1 aliphatic heterocycles. The number of anilines is 2. The Labute approximate surface area is 226 Å². The van der Waals surface area contributed by atoms with Crippen molar-refractivity contribution in [3.05, 3.63) is 58.6 Å². The lowest BCUT2D eigenvalue weighted by Crippen LogP contribution is -2.38. The molecule has 1 N–H and O–H groups in total. The fourth-order valence-electron chi connectivity index (χ4n) is 4.09. The summed E-state index contributed by atoms with van der Waals surface area (Å²) in [6, 6.07) is 13.2. The van der Waals surface area contributed by atoms with Crippen LogP contribution in [0.3, 0.4) is 0 Å². The van der Waals surface area contributed by atoms with E-state index in [2.05, 4.69) is 28.2 Å². The summed E-state index contributed by atoms with van der Waals surface area (Å²) in [5, 5.41) is 3.25. The van der Waals surface area contributed by atoms with Crippen LogP contribution in [0.5, 0.6) is 0 Å². The monoisotopic (exact) mass is 573 g/mol. The molecule has 36 heavy (non-hydrogen) atoms. The van der Waals surface area contributed by atoms with Crippen LogP contribution in [0.15, 0.2) is 53.0 Å². The van der Waals surface area contributed by atoms with Gasteiger partial charge < -0.3 is 15.0 Å². The van der Waals surface area contributed by atoms with Gasteiger partial charge in [0.15, 0.2) is 5.11 Å². The zero-order valence-electron chi connectivity index (χ0n) is 20.7. The number of hydrogen-bond acceptors (Lipinski definition) is 5. The van der Waals surface area contributed by atoms with Gasteiger partial charge in [-0.25, -0.2) is 4.79 Å². The maximum atomic E-state index is 13.5. The van der Waals surface area contributed by atoms with Crippen LogP contribution < -0.4 is 10.2 Å². The van der Waals surface area contributed by atoms with Crippen LogP contribution in [0.2, 0.25) is 0 Å². The summed E-state index contributed by atoms with van der Waals surface area (Å²) in [6.45, 7) is 4.80. The van der Waals surface area contributed by atoms with E-state index in [0.717, 1.165) is 30.2 Å². The number of esters is 1. The topological polar surface area (TPSA) is 79.0 Å². The van der Waals surface area contributed by atoms with Crippen molar-refractivity contribution < 1.29 is 19.1 Å². The third-order valence-electron chi connectivity index (χ3n) is 5.96. The van der Waals surface area contributed by atoms with Crippen molar-refractivity contribution in [1.82, 2.24) is 4.90 Å². The van der Waals surface area contributed by atoms with E-state index in [1.165, 1.54) is 11.3 Å². The predicted octanol–water partition coefficient (Wildman–Crippen LogP) is 5.93. The molecule has 1 aliphatic rings. The number of nitrogens with one attached hydrogen (secondary N) is 1. The second kappa shape index (κ2) is 13.5. The first-order valence-electron chi connectivity index (χ1n) is 12.3. The number of nitrogens with zero attached hydrogens (tertiary/aromatic N) is 2. The Morgan fingerprint density at radius 1 is 1.00 bits per heavy atom. The van der Waals surface area contributed by atoms with Gasteiger partial charge in [-0.2, -0.15) is 0 Å². The minimum atomic E-state index is -0.691. The van der Waals surface area contributed by atoms with Crippen molar-refractivity contribution in [2.24, 2.45) is 0 Å². The second-order valence-electron chi connectivity index (χ2n) is 8.61. The number of amides is 2. The van der Waals surface area contributed by atoms with E-state index in [-0.39, 0.29) is 24.8 Å². The van der Waals surface area contributed by atoms with E-state index >= 15 is 0 Å². The molecule has 0 saturated carbocycles. The summed E-state index contributed by atoms with van der Waals surface area (Å²) in [5.41, 5.74) is 1.62. The highest BCUT2D eigenvalue weighted by Crippen LogP contribution is 2.28. The summed E-state index contributed by atoms with van der Waals surface area (Å²) >= 11 is 9.11. The van der Waals surface area contributed by atoms with E-state index in [1.807, 2.05) is 17.0 Å². The molecule has 1 unspecified atom stereocenters. The smallest absolute Gasteiger partial charge is 0.338 e.